The molecule has 2 N–H and O–H groups in total. The first-order valence-corrected chi connectivity index (χ1v) is 11.2. The highest BCUT2D eigenvalue weighted by atomic mass is 32.1. The molecule has 1 amide bonds. The Bertz CT molecular complexity index is 1120. The van der Waals surface area contributed by atoms with Crippen molar-refractivity contribution in [1.82, 2.24) is 10.3 Å². The van der Waals surface area contributed by atoms with Gasteiger partial charge < -0.3 is 14.9 Å². The van der Waals surface area contributed by atoms with Gasteiger partial charge in [-0.05, 0) is 36.1 Å². The Labute approximate surface area is 186 Å². The largest absolute Gasteiger partial charge is 0.481 e. The van der Waals surface area contributed by atoms with Gasteiger partial charge in [-0.15, -0.1) is 11.3 Å². The van der Waals surface area contributed by atoms with Gasteiger partial charge in [0, 0.05) is 5.56 Å². The maximum atomic E-state index is 13.2. The lowest BCUT2D eigenvalue weighted by Gasteiger charge is -2.25. The molecule has 31 heavy (non-hydrogen) atoms. The molecule has 0 aliphatic heterocycles. The van der Waals surface area contributed by atoms with E-state index in [0.29, 0.717) is 19.4 Å². The standard InChI is InChI=1S/C24H27N3O3S/c1-27(2,3)15-16-8-9-19-20(10-16)31-21(26-19)14-25-23(30)24(13-22(28)29)11-17-6-4-5-7-18(17)12-24/h4-10H,11-15H2,1-3H3,(H-,25,28,29,30)/p+1. The van der Waals surface area contributed by atoms with Gasteiger partial charge in [0.25, 0.3) is 0 Å². The molecule has 0 saturated carbocycles. The number of carboxylic acid groups (broad SMARTS) is 1. The van der Waals surface area contributed by atoms with Crippen LogP contribution in [0.2, 0.25) is 0 Å². The first-order valence-electron chi connectivity index (χ1n) is 10.4. The molecule has 162 valence electrons. The minimum Gasteiger partial charge on any atom is -0.481 e. The number of carbonyl (C=O) groups excluding carboxylic acids is 1. The highest BCUT2D eigenvalue weighted by molar-refractivity contribution is 7.18. The van der Waals surface area contributed by atoms with Gasteiger partial charge in [0.2, 0.25) is 5.91 Å². The van der Waals surface area contributed by atoms with Gasteiger partial charge in [-0.2, -0.15) is 0 Å². The Kier molecular flexibility index (Phi) is 5.58. The van der Waals surface area contributed by atoms with E-state index in [0.717, 1.165) is 37.4 Å². The predicted molar refractivity (Wildman–Crippen MR) is 122 cm³/mol. The van der Waals surface area contributed by atoms with E-state index in [1.165, 1.54) is 5.56 Å². The van der Waals surface area contributed by atoms with Crippen molar-refractivity contribution < 1.29 is 19.2 Å². The number of quaternary nitrogens is 1. The third-order valence-electron chi connectivity index (χ3n) is 5.70. The first-order chi connectivity index (χ1) is 14.6. The van der Waals surface area contributed by atoms with Crippen LogP contribution < -0.4 is 5.32 Å². The zero-order valence-corrected chi connectivity index (χ0v) is 19.0. The molecule has 0 fully saturated rings. The van der Waals surface area contributed by atoms with Gasteiger partial charge in [0.1, 0.15) is 11.6 Å². The lowest BCUT2D eigenvalue weighted by atomic mass is 9.80. The summed E-state index contributed by atoms with van der Waals surface area (Å²) in [6, 6.07) is 14.1. The third kappa shape index (κ3) is 4.78. The number of amides is 1. The molecule has 7 heteroatoms. The molecular weight excluding hydrogens is 410 g/mol. The number of thiazole rings is 1. The van der Waals surface area contributed by atoms with Crippen molar-refractivity contribution in [2.45, 2.75) is 32.4 Å². The maximum absolute atomic E-state index is 13.2. The Morgan fingerprint density at radius 2 is 1.81 bits per heavy atom. The van der Waals surface area contributed by atoms with Crippen LogP contribution in [0.15, 0.2) is 42.5 Å². The summed E-state index contributed by atoms with van der Waals surface area (Å²) in [5, 5.41) is 13.3. The Hall–Kier alpha value is -2.77. The van der Waals surface area contributed by atoms with E-state index >= 15 is 0 Å². The van der Waals surface area contributed by atoms with E-state index in [1.807, 2.05) is 30.3 Å². The van der Waals surface area contributed by atoms with Crippen molar-refractivity contribution >= 4 is 33.4 Å². The number of hydrogen-bond acceptors (Lipinski definition) is 4. The van der Waals surface area contributed by atoms with E-state index in [1.54, 1.807) is 11.3 Å². The van der Waals surface area contributed by atoms with Crippen molar-refractivity contribution in [2.24, 2.45) is 5.41 Å². The highest BCUT2D eigenvalue weighted by Crippen LogP contribution is 2.40. The van der Waals surface area contributed by atoms with Gasteiger partial charge in [-0.1, -0.05) is 30.3 Å². The summed E-state index contributed by atoms with van der Waals surface area (Å²) in [5.41, 5.74) is 3.35. The number of nitrogens with one attached hydrogen (secondary N) is 1. The SMILES string of the molecule is C[N+](C)(C)Cc1ccc2nc(CNC(=O)C3(CC(=O)O)Cc4ccccc4C3)sc2c1. The smallest absolute Gasteiger partial charge is 0.304 e. The lowest BCUT2D eigenvalue weighted by molar-refractivity contribution is -0.883. The molecule has 0 saturated heterocycles. The minimum atomic E-state index is -0.951. The van der Waals surface area contributed by atoms with Crippen molar-refractivity contribution in [1.29, 1.82) is 0 Å². The fraction of sp³-hybridized carbons (Fsp3) is 0.375. The van der Waals surface area contributed by atoms with Crippen molar-refractivity contribution in [2.75, 3.05) is 21.1 Å². The number of carboxylic acids is 1. The average Bonchev–Trinajstić information content (AvgIpc) is 3.24. The Morgan fingerprint density at radius 1 is 1.13 bits per heavy atom. The van der Waals surface area contributed by atoms with Crippen LogP contribution in [-0.2, 0) is 35.5 Å². The van der Waals surface area contributed by atoms with Crippen LogP contribution in [-0.4, -0.2) is 47.6 Å². The van der Waals surface area contributed by atoms with E-state index < -0.39 is 11.4 Å². The number of fused-ring (bicyclic) bond motifs is 2. The van der Waals surface area contributed by atoms with E-state index in [9.17, 15) is 14.7 Å². The molecule has 0 bridgehead atoms. The number of aliphatic carboxylic acids is 1. The minimum absolute atomic E-state index is 0.179. The van der Waals surface area contributed by atoms with Crippen molar-refractivity contribution in [3.05, 3.63) is 64.2 Å². The molecule has 1 aliphatic carbocycles. The average molecular weight is 439 g/mol. The van der Waals surface area contributed by atoms with Crippen molar-refractivity contribution in [3.63, 3.8) is 0 Å². The quantitative estimate of drug-likeness (QED) is 0.555. The number of nitrogens with zero attached hydrogens (tertiary/aromatic N) is 2. The Balaban J connectivity index is 1.49. The number of rotatable bonds is 7. The summed E-state index contributed by atoms with van der Waals surface area (Å²) in [5.74, 6) is -1.16. The predicted octanol–water partition coefficient (Wildman–Crippen LogP) is 3.38. The molecule has 3 aromatic rings. The molecule has 2 aromatic carbocycles. The second-order valence-corrected chi connectivity index (χ2v) is 10.6. The molecule has 0 atom stereocenters. The second kappa shape index (κ2) is 8.05. The molecular formula is C24H28N3O3S+. The molecule has 4 rings (SSSR count). The maximum Gasteiger partial charge on any atom is 0.304 e. The zero-order chi connectivity index (χ0) is 22.2. The summed E-state index contributed by atoms with van der Waals surface area (Å²) in [7, 11) is 6.48. The van der Waals surface area contributed by atoms with E-state index in [-0.39, 0.29) is 12.3 Å². The number of aromatic nitrogens is 1. The van der Waals surface area contributed by atoms with Crippen molar-refractivity contribution in [3.8, 4) is 0 Å². The van der Waals surface area contributed by atoms with Gasteiger partial charge in [0.05, 0.1) is 49.7 Å². The monoisotopic (exact) mass is 438 g/mol. The Morgan fingerprint density at radius 3 is 2.42 bits per heavy atom. The summed E-state index contributed by atoms with van der Waals surface area (Å²) in [6.45, 7) is 1.23. The molecule has 1 aliphatic rings. The van der Waals surface area contributed by atoms with Crippen LogP contribution in [0.4, 0.5) is 0 Å². The number of hydrogen-bond donors (Lipinski definition) is 2. The van der Waals surface area contributed by atoms with Crippen LogP contribution >= 0.6 is 11.3 Å². The molecule has 1 heterocycles. The molecule has 6 nitrogen and oxygen atoms in total. The summed E-state index contributed by atoms with van der Waals surface area (Å²) in [4.78, 5) is 29.4. The topological polar surface area (TPSA) is 79.3 Å². The lowest BCUT2D eigenvalue weighted by Crippen LogP contribution is -2.43. The fourth-order valence-corrected chi connectivity index (χ4v) is 5.40. The summed E-state index contributed by atoms with van der Waals surface area (Å²) < 4.78 is 1.95. The number of carbonyl (C=O) groups is 2. The molecule has 1 aromatic heterocycles. The highest BCUT2D eigenvalue weighted by Gasteiger charge is 2.45. The van der Waals surface area contributed by atoms with Gasteiger partial charge in [-0.3, -0.25) is 9.59 Å². The summed E-state index contributed by atoms with van der Waals surface area (Å²) >= 11 is 1.57. The zero-order valence-electron chi connectivity index (χ0n) is 18.1. The van der Waals surface area contributed by atoms with Crippen LogP contribution in [0.25, 0.3) is 10.2 Å². The van der Waals surface area contributed by atoms with Gasteiger partial charge in [0.15, 0.2) is 0 Å². The molecule has 0 radical (unpaired) electrons. The molecule has 0 unspecified atom stereocenters. The third-order valence-corrected chi connectivity index (χ3v) is 6.72. The summed E-state index contributed by atoms with van der Waals surface area (Å²) in [6.07, 6.45) is 0.729. The first kappa shape index (κ1) is 21.5. The number of benzene rings is 2. The fourth-order valence-electron chi connectivity index (χ4n) is 4.43. The van der Waals surface area contributed by atoms with Crippen LogP contribution in [0, 0.1) is 5.41 Å². The van der Waals surface area contributed by atoms with E-state index in [2.05, 4.69) is 43.6 Å². The van der Waals surface area contributed by atoms with E-state index in [4.69, 9.17) is 0 Å². The second-order valence-electron chi connectivity index (χ2n) is 9.51. The normalized spacial score (nSPS) is 15.1. The van der Waals surface area contributed by atoms with Crippen LogP contribution in [0.5, 0.6) is 0 Å². The van der Waals surface area contributed by atoms with Crippen LogP contribution in [0.1, 0.15) is 28.1 Å². The van der Waals surface area contributed by atoms with Crippen LogP contribution in [0.3, 0.4) is 0 Å². The van der Waals surface area contributed by atoms with Gasteiger partial charge in [-0.25, -0.2) is 4.98 Å². The molecule has 0 spiro atoms. The van der Waals surface area contributed by atoms with Gasteiger partial charge >= 0.3 is 5.97 Å².